The number of hydrogen-bond donors (Lipinski definition) is 1. The number of methoxy groups -OCH3 is 1. The maximum atomic E-state index is 12.5. The first-order valence-electron chi connectivity index (χ1n) is 16.6. The molecule has 4 rings (SSSR count). The first kappa shape index (κ1) is 38.2. The van der Waals surface area contributed by atoms with Gasteiger partial charge in [0.1, 0.15) is 0 Å². The molecule has 4 aromatic carbocycles. The van der Waals surface area contributed by atoms with E-state index in [1.807, 2.05) is 116 Å². The Morgan fingerprint density at radius 1 is 0.592 bits per heavy atom. The van der Waals surface area contributed by atoms with Gasteiger partial charge >= 0.3 is 11.9 Å². The molecule has 0 aliphatic heterocycles. The van der Waals surface area contributed by atoms with Crippen molar-refractivity contribution < 1.29 is 29.0 Å². The second-order valence-electron chi connectivity index (χ2n) is 12.5. The lowest BCUT2D eigenvalue weighted by molar-refractivity contribution is -0.122. The van der Waals surface area contributed by atoms with Crippen LogP contribution < -0.4 is 9.80 Å². The van der Waals surface area contributed by atoms with E-state index in [1.165, 1.54) is 12.7 Å². The van der Waals surface area contributed by atoms with Gasteiger partial charge in [0, 0.05) is 36.3 Å². The summed E-state index contributed by atoms with van der Waals surface area (Å²) in [4.78, 5) is 51.9. The third-order valence-corrected chi connectivity index (χ3v) is 8.05. The Balaban J connectivity index is 0.000000266. The molecular weight excluding hydrogens is 616 g/mol. The molecule has 0 atom stereocenters. The smallest absolute Gasteiger partial charge is 0.337 e. The fourth-order valence-electron chi connectivity index (χ4n) is 5.27. The van der Waals surface area contributed by atoms with Crippen LogP contribution >= 0.6 is 0 Å². The molecule has 2 amide bonds. The van der Waals surface area contributed by atoms with Crippen molar-refractivity contribution in [3.05, 3.63) is 107 Å². The van der Waals surface area contributed by atoms with E-state index in [0.29, 0.717) is 30.0 Å². The topological polar surface area (TPSA) is 104 Å². The largest absolute Gasteiger partial charge is 0.478 e. The van der Waals surface area contributed by atoms with E-state index < -0.39 is 11.9 Å². The highest BCUT2D eigenvalue weighted by molar-refractivity contribution is 5.99. The number of aryl methyl sites for hydroxylation is 2. The first-order chi connectivity index (χ1) is 23.2. The van der Waals surface area contributed by atoms with E-state index in [4.69, 9.17) is 4.74 Å². The van der Waals surface area contributed by atoms with Gasteiger partial charge in [-0.1, -0.05) is 87.4 Å². The van der Waals surface area contributed by atoms with Crippen molar-refractivity contribution in [2.75, 3.05) is 30.0 Å². The molecule has 258 valence electrons. The predicted octanol–water partition coefficient (Wildman–Crippen LogP) is 8.83. The summed E-state index contributed by atoms with van der Waals surface area (Å²) in [6.07, 6.45) is 0. The quantitative estimate of drug-likeness (QED) is 0.170. The third kappa shape index (κ3) is 9.89. The molecule has 0 spiro atoms. The molecule has 4 aromatic rings. The highest BCUT2D eigenvalue weighted by Gasteiger charge is 2.21. The minimum atomic E-state index is -1.00. The van der Waals surface area contributed by atoms with Crippen LogP contribution in [0.2, 0.25) is 0 Å². The second kappa shape index (κ2) is 17.2. The van der Waals surface area contributed by atoms with Crippen LogP contribution in [0, 0.1) is 25.7 Å². The summed E-state index contributed by atoms with van der Waals surface area (Å²) in [5.41, 5.74) is 7.84. The van der Waals surface area contributed by atoms with Crippen molar-refractivity contribution >= 4 is 35.1 Å². The normalized spacial score (nSPS) is 10.7. The number of esters is 1. The Kier molecular flexibility index (Phi) is 13.4. The standard InChI is InChI=1S/C21H25NO3.C20H23NO3/c1-6-22(20(23)14(2)3)19-12-17(11-18(13-19)21(24)25-5)16-9-7-15(4)8-10-16;1-5-21(19(22)13(2)3)18-11-16(10-17(12-18)20(23)24)15-8-6-14(4)7-9-15/h7-14H,6H2,1-5H3;6-13H,5H2,1-4H3,(H,23,24). The second-order valence-corrected chi connectivity index (χ2v) is 12.5. The van der Waals surface area contributed by atoms with Crippen LogP contribution in [0.4, 0.5) is 11.4 Å². The molecule has 0 aliphatic rings. The maximum absolute atomic E-state index is 12.5. The number of rotatable bonds is 10. The SMILES string of the molecule is CCN(C(=O)C(C)C)c1cc(C(=O)O)cc(-c2ccc(C)cc2)c1.CCN(C(=O)C(C)C)c1cc(C(=O)OC)cc(-c2ccc(C)cc2)c1. The average Bonchev–Trinajstić information content (AvgIpc) is 3.09. The summed E-state index contributed by atoms with van der Waals surface area (Å²) in [5, 5.41) is 9.42. The highest BCUT2D eigenvalue weighted by Crippen LogP contribution is 2.30. The molecule has 8 nitrogen and oxygen atoms in total. The van der Waals surface area contributed by atoms with Crippen LogP contribution in [0.25, 0.3) is 22.3 Å². The fourth-order valence-corrected chi connectivity index (χ4v) is 5.27. The maximum Gasteiger partial charge on any atom is 0.337 e. The number of aromatic carboxylic acids is 1. The van der Waals surface area contributed by atoms with E-state index in [9.17, 15) is 24.3 Å². The summed E-state index contributed by atoms with van der Waals surface area (Å²) in [7, 11) is 1.36. The molecule has 49 heavy (non-hydrogen) atoms. The Hall–Kier alpha value is -5.24. The number of carbonyl (C=O) groups excluding carboxylic acids is 3. The van der Waals surface area contributed by atoms with Crippen molar-refractivity contribution in [3.63, 3.8) is 0 Å². The van der Waals surface area contributed by atoms with Crippen LogP contribution in [0.5, 0.6) is 0 Å². The molecule has 0 saturated carbocycles. The minimum Gasteiger partial charge on any atom is -0.478 e. The van der Waals surface area contributed by atoms with E-state index in [1.54, 1.807) is 34.1 Å². The molecular formula is C41H48N2O6. The van der Waals surface area contributed by atoms with E-state index in [0.717, 1.165) is 27.8 Å². The van der Waals surface area contributed by atoms with Crippen LogP contribution in [-0.2, 0) is 14.3 Å². The van der Waals surface area contributed by atoms with Gasteiger partial charge in [0.05, 0.1) is 18.2 Å². The van der Waals surface area contributed by atoms with E-state index in [2.05, 4.69) is 0 Å². The van der Waals surface area contributed by atoms with Gasteiger partial charge in [-0.05, 0) is 86.3 Å². The molecule has 0 heterocycles. The Morgan fingerprint density at radius 2 is 0.959 bits per heavy atom. The van der Waals surface area contributed by atoms with E-state index in [-0.39, 0.29) is 29.2 Å². The van der Waals surface area contributed by atoms with Crippen LogP contribution in [-0.4, -0.2) is 49.1 Å². The minimum absolute atomic E-state index is 0.0186. The van der Waals surface area contributed by atoms with Crippen LogP contribution in [0.3, 0.4) is 0 Å². The number of hydrogen-bond acceptors (Lipinski definition) is 5. The molecule has 0 unspecified atom stereocenters. The third-order valence-electron chi connectivity index (χ3n) is 8.05. The van der Waals surface area contributed by atoms with Gasteiger partial charge in [0.15, 0.2) is 0 Å². The van der Waals surface area contributed by atoms with Crippen LogP contribution in [0.1, 0.15) is 73.4 Å². The van der Waals surface area contributed by atoms with E-state index >= 15 is 0 Å². The zero-order valence-electron chi connectivity index (χ0n) is 30.0. The summed E-state index contributed by atoms with van der Waals surface area (Å²) in [5.74, 6) is -1.68. The molecule has 0 aliphatic carbocycles. The van der Waals surface area contributed by atoms with Gasteiger partial charge in [-0.15, -0.1) is 0 Å². The number of anilines is 2. The molecule has 0 aromatic heterocycles. The molecule has 8 heteroatoms. The van der Waals surface area contributed by atoms with Gasteiger partial charge in [-0.3, -0.25) is 9.59 Å². The van der Waals surface area contributed by atoms with Crippen molar-refractivity contribution in [2.45, 2.75) is 55.4 Å². The van der Waals surface area contributed by atoms with Gasteiger partial charge < -0.3 is 19.6 Å². The van der Waals surface area contributed by atoms with Gasteiger partial charge in [0.25, 0.3) is 0 Å². The highest BCUT2D eigenvalue weighted by atomic mass is 16.5. The number of carbonyl (C=O) groups is 4. The summed E-state index contributed by atoms with van der Waals surface area (Å²) >= 11 is 0. The lowest BCUT2D eigenvalue weighted by atomic mass is 10.00. The first-order valence-corrected chi connectivity index (χ1v) is 16.6. The van der Waals surface area contributed by atoms with Crippen molar-refractivity contribution in [3.8, 4) is 22.3 Å². The number of carboxylic acid groups (broad SMARTS) is 1. The van der Waals surface area contributed by atoms with Gasteiger partial charge in [-0.25, -0.2) is 9.59 Å². The van der Waals surface area contributed by atoms with Crippen molar-refractivity contribution in [2.24, 2.45) is 11.8 Å². The molecule has 0 bridgehead atoms. The summed E-state index contributed by atoms with van der Waals surface area (Å²) in [6, 6.07) is 26.5. The number of carboxylic acids is 1. The van der Waals surface area contributed by atoms with Gasteiger partial charge in [-0.2, -0.15) is 0 Å². The molecule has 1 N–H and O–H groups in total. The van der Waals surface area contributed by atoms with Crippen molar-refractivity contribution in [1.82, 2.24) is 0 Å². The Bertz CT molecular complexity index is 1780. The lowest BCUT2D eigenvalue weighted by Crippen LogP contribution is -2.34. The Labute approximate surface area is 290 Å². The summed E-state index contributed by atoms with van der Waals surface area (Å²) in [6.45, 7) is 16.3. The molecule has 0 fully saturated rings. The zero-order valence-corrected chi connectivity index (χ0v) is 30.0. The molecule has 0 saturated heterocycles. The number of ether oxygens (including phenoxy) is 1. The van der Waals surface area contributed by atoms with Crippen molar-refractivity contribution in [1.29, 1.82) is 0 Å². The monoisotopic (exact) mass is 664 g/mol. The summed E-state index contributed by atoms with van der Waals surface area (Å²) < 4.78 is 4.88. The zero-order chi connectivity index (χ0) is 36.4. The number of nitrogens with zero attached hydrogens (tertiary/aromatic N) is 2. The van der Waals surface area contributed by atoms with Crippen LogP contribution in [0.15, 0.2) is 84.9 Å². The predicted molar refractivity (Wildman–Crippen MR) is 197 cm³/mol. The van der Waals surface area contributed by atoms with Gasteiger partial charge in [0.2, 0.25) is 11.8 Å². The fraction of sp³-hybridized carbons (Fsp3) is 0.317. The molecule has 0 radical (unpaired) electrons. The average molecular weight is 665 g/mol. The number of benzene rings is 4. The lowest BCUT2D eigenvalue weighted by Gasteiger charge is -2.24. The number of amides is 2. The Morgan fingerprint density at radius 3 is 1.29 bits per heavy atom.